The summed E-state index contributed by atoms with van der Waals surface area (Å²) < 4.78 is 96.6. The van der Waals surface area contributed by atoms with Crippen LogP contribution in [0.3, 0.4) is 0 Å². The number of pyridine rings is 1. The molecule has 0 aromatic carbocycles. The van der Waals surface area contributed by atoms with Crippen molar-refractivity contribution in [1.82, 2.24) is 14.2 Å². The quantitative estimate of drug-likeness (QED) is 0.537. The van der Waals surface area contributed by atoms with E-state index in [-0.39, 0.29) is 23.0 Å². The van der Waals surface area contributed by atoms with Crippen LogP contribution in [0.15, 0.2) is 29.4 Å². The molecule has 0 amide bonds. The molecule has 206 valence electrons. The van der Waals surface area contributed by atoms with Gasteiger partial charge in [-0.2, -0.15) is 30.6 Å². The minimum Gasteiger partial charge on any atom is -0.475 e. The first-order valence-electron chi connectivity index (χ1n) is 10.2. The van der Waals surface area contributed by atoms with Gasteiger partial charge in [-0.3, -0.25) is 4.98 Å². The maximum absolute atomic E-state index is 12.9. The van der Waals surface area contributed by atoms with Crippen molar-refractivity contribution < 1.29 is 59.3 Å². The number of likely N-dealkylation sites (N-methyl/N-ethyl adjacent to an activating group) is 1. The second-order valence-corrected chi connectivity index (χ2v) is 9.45. The van der Waals surface area contributed by atoms with Crippen LogP contribution in [0.1, 0.15) is 13.3 Å². The molecule has 36 heavy (non-hydrogen) atoms. The van der Waals surface area contributed by atoms with E-state index >= 15 is 0 Å². The van der Waals surface area contributed by atoms with E-state index in [0.29, 0.717) is 6.54 Å². The predicted octanol–water partition coefficient (Wildman–Crippen LogP) is 2.08. The van der Waals surface area contributed by atoms with Gasteiger partial charge in [-0.15, -0.1) is 0 Å². The van der Waals surface area contributed by atoms with Crippen LogP contribution < -0.4 is 0 Å². The lowest BCUT2D eigenvalue weighted by Gasteiger charge is -2.40. The molecule has 1 aromatic rings. The Labute approximate surface area is 202 Å². The largest absolute Gasteiger partial charge is 0.490 e. The number of likely N-dealkylation sites (tertiary alicyclic amines) is 1. The van der Waals surface area contributed by atoms with Crippen molar-refractivity contribution in [2.75, 3.05) is 33.3 Å². The molecule has 3 heterocycles. The lowest BCUT2D eigenvalue weighted by atomic mass is 9.91. The highest BCUT2D eigenvalue weighted by atomic mass is 32.2. The number of methoxy groups -OCH3 is 1. The maximum atomic E-state index is 12.9. The summed E-state index contributed by atoms with van der Waals surface area (Å²) in [6.07, 6.45) is -6.26. The first-order valence-corrected chi connectivity index (χ1v) is 11.7. The fourth-order valence-electron chi connectivity index (χ4n) is 3.68. The number of nitrogens with zero attached hydrogens (tertiary/aromatic N) is 3. The molecule has 2 aliphatic heterocycles. The monoisotopic (exact) mass is 553 g/mol. The molecule has 2 fully saturated rings. The topological polar surface area (TPSA) is 137 Å². The molecule has 0 aliphatic carbocycles. The van der Waals surface area contributed by atoms with Crippen LogP contribution in [0.25, 0.3) is 0 Å². The Bertz CT molecular complexity index is 952. The number of carboxylic acids is 2. The van der Waals surface area contributed by atoms with Gasteiger partial charge in [0.2, 0.25) is 10.0 Å². The maximum Gasteiger partial charge on any atom is 0.490 e. The highest BCUT2D eigenvalue weighted by Crippen LogP contribution is 2.35. The van der Waals surface area contributed by atoms with Gasteiger partial charge < -0.3 is 19.8 Å². The average molecular weight is 553 g/mol. The Morgan fingerprint density at radius 2 is 1.64 bits per heavy atom. The van der Waals surface area contributed by atoms with E-state index in [1.807, 2.05) is 0 Å². The zero-order valence-corrected chi connectivity index (χ0v) is 19.8. The molecule has 0 bridgehead atoms. The lowest BCUT2D eigenvalue weighted by Crippen LogP contribution is -2.53. The third-order valence-corrected chi connectivity index (χ3v) is 7.27. The van der Waals surface area contributed by atoms with E-state index in [1.165, 1.54) is 6.20 Å². The number of hydrogen-bond acceptors (Lipinski definition) is 7. The van der Waals surface area contributed by atoms with E-state index < -0.39 is 34.3 Å². The molecule has 2 saturated heterocycles. The number of aliphatic carboxylic acids is 2. The number of piperidine rings is 1. The number of aromatic nitrogens is 1. The number of fused-ring (bicyclic) bond motifs is 1. The van der Waals surface area contributed by atoms with Gasteiger partial charge in [0.05, 0.1) is 6.10 Å². The molecule has 2 N–H and O–H groups in total. The molecule has 0 unspecified atom stereocenters. The summed E-state index contributed by atoms with van der Waals surface area (Å²) in [5, 5.41) is 14.2. The normalized spacial score (nSPS) is 22.9. The van der Waals surface area contributed by atoms with Crippen molar-refractivity contribution in [2.45, 2.75) is 42.7 Å². The number of sulfonamides is 1. The van der Waals surface area contributed by atoms with Crippen LogP contribution in [0.2, 0.25) is 0 Å². The third kappa shape index (κ3) is 8.56. The molecular formula is C19H25F6N3O7S. The van der Waals surface area contributed by atoms with Crippen LogP contribution >= 0.6 is 0 Å². The van der Waals surface area contributed by atoms with E-state index in [0.717, 1.165) is 26.1 Å². The zero-order chi connectivity index (χ0) is 27.9. The molecule has 0 saturated carbocycles. The smallest absolute Gasteiger partial charge is 0.475 e. The van der Waals surface area contributed by atoms with Gasteiger partial charge in [-0.05, 0) is 25.1 Å². The van der Waals surface area contributed by atoms with Gasteiger partial charge in [0.15, 0.2) is 0 Å². The summed E-state index contributed by atoms with van der Waals surface area (Å²) >= 11 is 0. The van der Waals surface area contributed by atoms with Crippen molar-refractivity contribution >= 4 is 22.0 Å². The molecule has 1 aromatic heterocycles. The second-order valence-electron chi connectivity index (χ2n) is 7.56. The van der Waals surface area contributed by atoms with Gasteiger partial charge in [-0.25, -0.2) is 18.0 Å². The minimum atomic E-state index is -5.08. The van der Waals surface area contributed by atoms with Crippen molar-refractivity contribution in [1.29, 1.82) is 0 Å². The SMILES string of the molecule is CCN1C[C@@H]2[C@@H](OC)CCN(S(=O)(=O)c3cccnc3)[C@@H]2C1.O=C(O)C(F)(F)F.O=C(O)C(F)(F)F. The van der Waals surface area contributed by atoms with Gasteiger partial charge in [-0.1, -0.05) is 6.92 Å². The average Bonchev–Trinajstić information content (AvgIpc) is 3.23. The first kappa shape index (κ1) is 31.5. The van der Waals surface area contributed by atoms with Crippen LogP contribution in [0.5, 0.6) is 0 Å². The summed E-state index contributed by atoms with van der Waals surface area (Å²) in [4.78, 5) is 24.3. The van der Waals surface area contributed by atoms with Crippen molar-refractivity contribution in [2.24, 2.45) is 5.92 Å². The number of hydrogen-bond donors (Lipinski definition) is 2. The van der Waals surface area contributed by atoms with Crippen molar-refractivity contribution in [3.05, 3.63) is 24.5 Å². The predicted molar refractivity (Wildman–Crippen MR) is 110 cm³/mol. The molecular weight excluding hydrogens is 528 g/mol. The number of ether oxygens (including phenoxy) is 1. The van der Waals surface area contributed by atoms with Gasteiger partial charge in [0.25, 0.3) is 0 Å². The van der Waals surface area contributed by atoms with E-state index in [9.17, 15) is 34.8 Å². The number of alkyl halides is 6. The van der Waals surface area contributed by atoms with Gasteiger partial charge in [0.1, 0.15) is 4.90 Å². The number of carbonyl (C=O) groups is 2. The van der Waals surface area contributed by atoms with Crippen LogP contribution in [-0.4, -0.2) is 103 Å². The Morgan fingerprint density at radius 1 is 1.11 bits per heavy atom. The second kappa shape index (κ2) is 12.6. The standard InChI is InChI=1S/C15H23N3O3S.2C2HF3O2/c1-3-17-10-13-14(11-17)18(8-6-15(13)21-2)22(19,20)12-5-4-7-16-9-12;2*3-2(4,5)1(6)7/h4-5,7,9,13-15H,3,6,8,10-11H2,1-2H3;2*(H,6,7)/t13-,14+,15-;;/m0../s1. The summed E-state index contributed by atoms with van der Waals surface area (Å²) in [5.41, 5.74) is 0. The van der Waals surface area contributed by atoms with Gasteiger partial charge in [0, 0.05) is 51.1 Å². The third-order valence-electron chi connectivity index (χ3n) is 5.37. The minimum absolute atomic E-state index is 0.0103. The van der Waals surface area contributed by atoms with E-state index in [4.69, 9.17) is 24.5 Å². The molecule has 3 atom stereocenters. The molecule has 10 nitrogen and oxygen atoms in total. The number of rotatable bonds is 4. The number of halogens is 6. The molecule has 0 radical (unpaired) electrons. The summed E-state index contributed by atoms with van der Waals surface area (Å²) in [6.45, 7) is 5.23. The lowest BCUT2D eigenvalue weighted by molar-refractivity contribution is -0.193. The Kier molecular flexibility index (Phi) is 11.1. The van der Waals surface area contributed by atoms with Crippen molar-refractivity contribution in [3.8, 4) is 0 Å². The Hall–Kier alpha value is -2.50. The van der Waals surface area contributed by atoms with E-state index in [2.05, 4.69) is 16.8 Å². The van der Waals surface area contributed by atoms with Crippen LogP contribution in [-0.2, 0) is 24.3 Å². The highest BCUT2D eigenvalue weighted by Gasteiger charge is 2.48. The first-order chi connectivity index (χ1) is 16.5. The van der Waals surface area contributed by atoms with Crippen LogP contribution in [0, 0.1) is 5.92 Å². The summed E-state index contributed by atoms with van der Waals surface area (Å²) in [5.74, 6) is -5.27. The van der Waals surface area contributed by atoms with Crippen molar-refractivity contribution in [3.63, 3.8) is 0 Å². The number of carboxylic acid groups (broad SMARTS) is 2. The summed E-state index contributed by atoms with van der Waals surface area (Å²) in [6, 6.07) is 3.27. The Balaban J connectivity index is 0.000000383. The molecule has 2 aliphatic rings. The molecule has 3 rings (SSSR count). The fourth-order valence-corrected chi connectivity index (χ4v) is 5.32. The summed E-state index contributed by atoms with van der Waals surface area (Å²) in [7, 11) is -1.77. The Morgan fingerprint density at radius 3 is 2.03 bits per heavy atom. The van der Waals surface area contributed by atoms with Crippen LogP contribution in [0.4, 0.5) is 26.3 Å². The highest BCUT2D eigenvalue weighted by molar-refractivity contribution is 7.89. The molecule has 17 heteroatoms. The molecule has 0 spiro atoms. The fraction of sp³-hybridized carbons (Fsp3) is 0.632. The van der Waals surface area contributed by atoms with Gasteiger partial charge >= 0.3 is 24.3 Å². The van der Waals surface area contributed by atoms with E-state index in [1.54, 1.807) is 29.7 Å². The zero-order valence-electron chi connectivity index (χ0n) is 19.0.